The van der Waals surface area contributed by atoms with Crippen molar-refractivity contribution < 1.29 is 18.7 Å². The molecule has 1 aromatic heterocycles. The van der Waals surface area contributed by atoms with Crippen LogP contribution in [0.4, 0.5) is 0 Å². The summed E-state index contributed by atoms with van der Waals surface area (Å²) in [5, 5.41) is 3.22. The Balaban J connectivity index is 1.35. The third-order valence-electron chi connectivity index (χ3n) is 6.29. The van der Waals surface area contributed by atoms with Crippen molar-refractivity contribution in [2.75, 3.05) is 20.3 Å². The van der Waals surface area contributed by atoms with E-state index in [1.54, 1.807) is 0 Å². The molecule has 1 N–H and O–H groups in total. The van der Waals surface area contributed by atoms with Gasteiger partial charge in [-0.1, -0.05) is 31.4 Å². The molecule has 1 atom stereocenters. The van der Waals surface area contributed by atoms with Crippen LogP contribution >= 0.6 is 0 Å². The third kappa shape index (κ3) is 5.37. The number of esters is 1. The van der Waals surface area contributed by atoms with Crippen LogP contribution in [0, 0.1) is 12.8 Å². The number of allylic oxidation sites excluding steroid dienone is 1. The first kappa shape index (κ1) is 21.6. The van der Waals surface area contributed by atoms with E-state index in [2.05, 4.69) is 16.4 Å². The Hall–Kier alpha value is -2.60. The first-order chi connectivity index (χ1) is 15.1. The molecule has 6 heteroatoms. The number of aryl methyl sites for hydroxylation is 1. The lowest BCUT2D eigenvalue weighted by Crippen LogP contribution is -2.35. The van der Waals surface area contributed by atoms with Gasteiger partial charge in [0.05, 0.1) is 19.4 Å². The number of rotatable bonds is 7. The van der Waals surface area contributed by atoms with Crippen molar-refractivity contribution >= 4 is 12.0 Å². The lowest BCUT2D eigenvalue weighted by Gasteiger charge is -2.25. The topological polar surface area (TPSA) is 73.6 Å². The van der Waals surface area contributed by atoms with Gasteiger partial charge in [-0.3, -0.25) is 0 Å². The maximum Gasteiger partial charge on any atom is 0.327 e. The maximum atomic E-state index is 12.1. The molecule has 0 spiro atoms. The Labute approximate surface area is 184 Å². The van der Waals surface area contributed by atoms with Crippen molar-refractivity contribution in [3.05, 3.63) is 52.7 Å². The van der Waals surface area contributed by atoms with Crippen LogP contribution in [-0.4, -0.2) is 31.2 Å². The van der Waals surface area contributed by atoms with Gasteiger partial charge in [0, 0.05) is 13.0 Å². The van der Waals surface area contributed by atoms with Gasteiger partial charge in [-0.2, -0.15) is 0 Å². The minimum atomic E-state index is -0.436. The highest BCUT2D eigenvalue weighted by Gasteiger charge is 2.27. The van der Waals surface area contributed by atoms with Gasteiger partial charge in [0.15, 0.2) is 0 Å². The zero-order valence-electron chi connectivity index (χ0n) is 18.5. The highest BCUT2D eigenvalue weighted by Crippen LogP contribution is 2.28. The van der Waals surface area contributed by atoms with E-state index in [9.17, 15) is 4.79 Å². The van der Waals surface area contributed by atoms with Crippen molar-refractivity contribution in [2.45, 2.75) is 57.9 Å². The van der Waals surface area contributed by atoms with Gasteiger partial charge in [-0.15, -0.1) is 0 Å². The summed E-state index contributed by atoms with van der Waals surface area (Å²) < 4.78 is 16.7. The molecule has 1 saturated carbocycles. The van der Waals surface area contributed by atoms with Crippen LogP contribution in [-0.2, 0) is 22.4 Å². The van der Waals surface area contributed by atoms with Gasteiger partial charge in [0.25, 0.3) is 0 Å². The number of benzene rings is 1. The number of carbonyl (C=O) groups excluding carboxylic acids is 1. The normalized spacial score (nSPS) is 19.4. The van der Waals surface area contributed by atoms with Gasteiger partial charge in [-0.05, 0) is 61.4 Å². The number of nitrogens with zero attached hydrogens (tertiary/aromatic N) is 1. The van der Waals surface area contributed by atoms with Gasteiger partial charge < -0.3 is 19.2 Å². The lowest BCUT2D eigenvalue weighted by atomic mass is 9.89. The van der Waals surface area contributed by atoms with Crippen LogP contribution in [0.15, 0.2) is 28.7 Å². The molecule has 2 heterocycles. The second kappa shape index (κ2) is 10.1. The number of oxazole rings is 1. The fourth-order valence-corrected chi connectivity index (χ4v) is 4.51. The Morgan fingerprint density at radius 3 is 2.94 bits per heavy atom. The van der Waals surface area contributed by atoms with Crippen molar-refractivity contribution in [2.24, 2.45) is 5.92 Å². The van der Waals surface area contributed by atoms with Crippen molar-refractivity contribution in [1.29, 1.82) is 0 Å². The average Bonchev–Trinajstić information content (AvgIpc) is 3.16. The molecule has 6 nitrogen and oxygen atoms in total. The highest BCUT2D eigenvalue weighted by atomic mass is 16.5. The molecule has 0 amide bonds. The summed E-state index contributed by atoms with van der Waals surface area (Å²) in [7, 11) is 1.41. The molecule has 4 rings (SSSR count). The maximum absolute atomic E-state index is 12.1. The summed E-state index contributed by atoms with van der Waals surface area (Å²) in [4.78, 5) is 16.7. The van der Waals surface area contributed by atoms with Gasteiger partial charge in [0.2, 0.25) is 5.89 Å². The summed E-state index contributed by atoms with van der Waals surface area (Å²) in [5.41, 5.74) is 3.02. The minimum absolute atomic E-state index is 0.273. The second-order valence-corrected chi connectivity index (χ2v) is 8.43. The quantitative estimate of drug-likeness (QED) is 0.657. The first-order valence-electron chi connectivity index (χ1n) is 11.4. The molecule has 1 aromatic carbocycles. The smallest absolute Gasteiger partial charge is 0.327 e. The Bertz CT molecular complexity index is 928. The molecular weight excluding hydrogens is 392 g/mol. The number of carbonyl (C=O) groups is 1. The van der Waals surface area contributed by atoms with Crippen LogP contribution in [0.1, 0.15) is 66.6 Å². The molecule has 31 heavy (non-hydrogen) atoms. The van der Waals surface area contributed by atoms with Gasteiger partial charge in [0.1, 0.15) is 17.6 Å². The van der Waals surface area contributed by atoms with E-state index >= 15 is 0 Å². The van der Waals surface area contributed by atoms with Crippen LogP contribution in [0.5, 0.6) is 5.75 Å². The number of nitrogens with one attached hydrogen (secondary N) is 1. The predicted molar refractivity (Wildman–Crippen MR) is 119 cm³/mol. The number of methoxy groups -OCH3 is 1. The van der Waals surface area contributed by atoms with E-state index < -0.39 is 6.04 Å². The molecule has 1 fully saturated rings. The molecule has 166 valence electrons. The average molecular weight is 425 g/mol. The molecule has 1 aliphatic carbocycles. The van der Waals surface area contributed by atoms with E-state index in [1.165, 1.54) is 39.2 Å². The van der Waals surface area contributed by atoms with E-state index in [-0.39, 0.29) is 5.97 Å². The summed E-state index contributed by atoms with van der Waals surface area (Å²) >= 11 is 0. The number of hydrogen-bond donors (Lipinski definition) is 1. The van der Waals surface area contributed by atoms with E-state index in [1.807, 2.05) is 31.2 Å². The van der Waals surface area contributed by atoms with E-state index in [0.29, 0.717) is 24.8 Å². The second-order valence-electron chi connectivity index (χ2n) is 8.43. The fourth-order valence-electron chi connectivity index (χ4n) is 4.51. The minimum Gasteiger partial charge on any atom is -0.493 e. The summed E-state index contributed by atoms with van der Waals surface area (Å²) in [5.74, 6) is 2.64. The Kier molecular flexibility index (Phi) is 7.07. The van der Waals surface area contributed by atoms with Crippen LogP contribution in [0.3, 0.4) is 0 Å². The largest absolute Gasteiger partial charge is 0.493 e. The van der Waals surface area contributed by atoms with E-state index in [4.69, 9.17) is 13.9 Å². The van der Waals surface area contributed by atoms with Gasteiger partial charge in [-0.25, -0.2) is 9.78 Å². The Morgan fingerprint density at radius 2 is 2.13 bits per heavy atom. The Morgan fingerprint density at radius 1 is 1.29 bits per heavy atom. The van der Waals surface area contributed by atoms with Crippen molar-refractivity contribution in [3.8, 4) is 5.75 Å². The van der Waals surface area contributed by atoms with Crippen LogP contribution in [0.25, 0.3) is 6.08 Å². The summed E-state index contributed by atoms with van der Waals surface area (Å²) in [6.07, 6.45) is 12.4. The fraction of sp³-hybridized carbons (Fsp3) is 0.520. The molecular formula is C25H32N2O4. The molecule has 0 saturated heterocycles. The van der Waals surface area contributed by atoms with Crippen molar-refractivity contribution in [3.63, 3.8) is 0 Å². The monoisotopic (exact) mass is 424 g/mol. The number of fused-ring (bicyclic) bond motifs is 1. The number of ether oxygens (including phenoxy) is 2. The summed E-state index contributed by atoms with van der Waals surface area (Å²) in [6, 6.07) is 5.51. The molecule has 2 aliphatic rings. The van der Waals surface area contributed by atoms with Gasteiger partial charge >= 0.3 is 5.97 Å². The number of aromatic nitrogens is 1. The van der Waals surface area contributed by atoms with Crippen molar-refractivity contribution in [1.82, 2.24) is 10.3 Å². The SMILES string of the molecule is COC(=O)C1NCCc2ccc(OCCc3nc(/C=C/C4CCCCC4)oc3C)cc21. The van der Waals surface area contributed by atoms with E-state index in [0.717, 1.165) is 41.3 Å². The molecule has 1 aliphatic heterocycles. The standard InChI is InChI=1S/C25H32N2O4/c1-17-22(27-23(31-17)11-8-18-6-4-3-5-7-18)13-15-30-20-10-9-19-12-14-26-24(21(19)16-20)25(28)29-2/h8-11,16,18,24,26H,3-7,12-15H2,1-2H3/b11-8+. The molecule has 1 unspecified atom stereocenters. The molecule has 2 aromatic rings. The van der Waals surface area contributed by atoms with Crippen LogP contribution < -0.4 is 10.1 Å². The zero-order chi connectivity index (χ0) is 21.6. The molecule has 0 bridgehead atoms. The number of hydrogen-bond acceptors (Lipinski definition) is 6. The predicted octanol–water partition coefficient (Wildman–Crippen LogP) is 4.56. The van der Waals surface area contributed by atoms with Crippen LogP contribution in [0.2, 0.25) is 0 Å². The zero-order valence-corrected chi connectivity index (χ0v) is 18.5. The first-order valence-corrected chi connectivity index (χ1v) is 11.4. The highest BCUT2D eigenvalue weighted by molar-refractivity contribution is 5.78. The lowest BCUT2D eigenvalue weighted by molar-refractivity contribution is -0.143. The summed E-state index contributed by atoms with van der Waals surface area (Å²) in [6.45, 7) is 3.20. The molecule has 0 radical (unpaired) electrons. The third-order valence-corrected chi connectivity index (χ3v) is 6.29.